The standard InChI is InChI=1S/C5H8O2.Bi.Ni.3H/c1-4(6)3-5(2)7;;;;;/h3,6H,1-2H3;;;;;/b4-3-;;;;;. The first-order valence-electron chi connectivity index (χ1n) is 2.01. The first kappa shape index (κ1) is 16.3. The zero-order valence-electron chi connectivity index (χ0n) is 5.46. The molecule has 0 bridgehead atoms. The molecule has 0 spiro atoms. The van der Waals surface area contributed by atoms with Gasteiger partial charge in [0.05, 0.1) is 5.76 Å². The van der Waals surface area contributed by atoms with Crippen LogP contribution < -0.4 is 0 Å². The number of rotatable bonds is 1. The van der Waals surface area contributed by atoms with Gasteiger partial charge in [0.1, 0.15) is 0 Å². The average Bonchev–Trinajstić information content (AvgIpc) is 1.27. The third-order valence-electron chi connectivity index (χ3n) is 0.412. The Labute approximate surface area is 83.8 Å². The monoisotopic (exact) mass is 370 g/mol. The molecule has 0 heterocycles. The van der Waals surface area contributed by atoms with Crippen LogP contribution in [0.5, 0.6) is 0 Å². The Bertz CT molecular complexity index is 108. The van der Waals surface area contributed by atoms with E-state index in [-0.39, 0.29) is 54.2 Å². The van der Waals surface area contributed by atoms with Crippen molar-refractivity contribution in [3.8, 4) is 0 Å². The van der Waals surface area contributed by atoms with E-state index in [9.17, 15) is 4.79 Å². The summed E-state index contributed by atoms with van der Waals surface area (Å²) >= 11 is 0. The minimum Gasteiger partial charge on any atom is 0 e. The van der Waals surface area contributed by atoms with Crippen molar-refractivity contribution in [2.75, 3.05) is 0 Å². The zero-order chi connectivity index (χ0) is 5.86. The Kier molecular flexibility index (Phi) is 15.5. The van der Waals surface area contributed by atoms with Gasteiger partial charge < -0.3 is 5.11 Å². The van der Waals surface area contributed by atoms with Crippen molar-refractivity contribution in [3.63, 3.8) is 0 Å². The maximum atomic E-state index is 10.0. The van der Waals surface area contributed by atoms with Crippen LogP contribution in [0.25, 0.3) is 0 Å². The van der Waals surface area contributed by atoms with Crippen molar-refractivity contribution in [2.24, 2.45) is 0 Å². The van der Waals surface area contributed by atoms with Gasteiger partial charge in [0.2, 0.25) is 0 Å². The molecule has 0 saturated heterocycles. The third-order valence-corrected chi connectivity index (χ3v) is 0.412. The number of aliphatic hydroxyl groups is 1. The van der Waals surface area contributed by atoms with Crippen LogP contribution in [-0.4, -0.2) is 37.1 Å². The number of allylic oxidation sites excluding steroid dienone is 2. The smallest absolute Gasteiger partial charge is 0 e. The van der Waals surface area contributed by atoms with E-state index >= 15 is 0 Å². The third kappa shape index (κ3) is 17.7. The maximum absolute atomic E-state index is 10.0. The first-order chi connectivity index (χ1) is 3.13. The maximum Gasteiger partial charge on any atom is 0 e. The van der Waals surface area contributed by atoms with Crippen LogP contribution in [0.1, 0.15) is 13.8 Å². The van der Waals surface area contributed by atoms with E-state index in [1.807, 2.05) is 0 Å². The van der Waals surface area contributed by atoms with Gasteiger partial charge in [-0.05, 0) is 13.8 Å². The van der Waals surface area contributed by atoms with Gasteiger partial charge in [0.25, 0.3) is 0 Å². The van der Waals surface area contributed by atoms with Crippen LogP contribution in [0.2, 0.25) is 0 Å². The van der Waals surface area contributed by atoms with Gasteiger partial charge in [-0.1, -0.05) is 0 Å². The summed E-state index contributed by atoms with van der Waals surface area (Å²) in [7, 11) is 0. The molecule has 0 aromatic carbocycles. The second-order valence-electron chi connectivity index (χ2n) is 1.40. The molecule has 0 aromatic heterocycles. The quantitative estimate of drug-likeness (QED) is 0.396. The second-order valence-corrected chi connectivity index (χ2v) is 1.40. The summed E-state index contributed by atoms with van der Waals surface area (Å²) in [4.78, 5) is 10.0. The topological polar surface area (TPSA) is 37.3 Å². The summed E-state index contributed by atoms with van der Waals surface area (Å²) in [5.41, 5.74) is 0. The molecule has 1 N–H and O–H groups in total. The summed E-state index contributed by atoms with van der Waals surface area (Å²) in [5.74, 6) is -0.0625. The summed E-state index contributed by atoms with van der Waals surface area (Å²) < 4.78 is 0. The molecule has 0 unspecified atom stereocenters. The molecule has 0 aliphatic carbocycles. The summed E-state index contributed by atoms with van der Waals surface area (Å²) in [6.45, 7) is 2.85. The molecule has 0 fully saturated rings. The van der Waals surface area contributed by atoms with Gasteiger partial charge in [0.15, 0.2) is 5.78 Å². The van der Waals surface area contributed by atoms with Crippen molar-refractivity contribution in [1.82, 2.24) is 0 Å². The van der Waals surface area contributed by atoms with Gasteiger partial charge in [0, 0.05) is 22.6 Å². The SMILES string of the molecule is CC(=O)/C=C(/C)O.[BiH3].[Ni]. The van der Waals surface area contributed by atoms with Crippen molar-refractivity contribution in [1.29, 1.82) is 0 Å². The molecular formula is C5H11BiNiO2. The van der Waals surface area contributed by atoms with E-state index in [0.717, 1.165) is 0 Å². The molecule has 0 rings (SSSR count). The fraction of sp³-hybridized carbons (Fsp3) is 0.400. The summed E-state index contributed by atoms with van der Waals surface area (Å²) in [6.07, 6.45) is 1.17. The Hall–Kier alpha value is 0.587. The van der Waals surface area contributed by atoms with Crippen molar-refractivity contribution in [2.45, 2.75) is 13.8 Å². The van der Waals surface area contributed by atoms with Gasteiger partial charge >= 0.3 is 26.2 Å². The predicted molar refractivity (Wildman–Crippen MR) is 37.0 cm³/mol. The largest absolute Gasteiger partial charge is 0 e. The van der Waals surface area contributed by atoms with E-state index in [1.54, 1.807) is 0 Å². The zero-order valence-corrected chi connectivity index (χ0v) is 11.9. The summed E-state index contributed by atoms with van der Waals surface area (Å²) in [5, 5.41) is 8.36. The van der Waals surface area contributed by atoms with E-state index in [0.29, 0.717) is 0 Å². The van der Waals surface area contributed by atoms with E-state index in [4.69, 9.17) is 5.11 Å². The number of carbonyl (C=O) groups excluding carboxylic acids is 1. The van der Waals surface area contributed by atoms with Crippen molar-refractivity contribution < 1.29 is 26.4 Å². The molecule has 0 saturated carbocycles. The predicted octanol–water partition coefficient (Wildman–Crippen LogP) is -0.149. The molecule has 2 nitrogen and oxygen atoms in total. The number of carbonyl (C=O) groups is 1. The summed E-state index contributed by atoms with van der Waals surface area (Å²) in [6, 6.07) is 0. The second kappa shape index (κ2) is 8.59. The van der Waals surface area contributed by atoms with Crippen molar-refractivity contribution in [3.05, 3.63) is 11.8 Å². The molecule has 0 radical (unpaired) electrons. The fourth-order valence-corrected chi connectivity index (χ4v) is 0.294. The Morgan fingerprint density at radius 2 is 1.78 bits per heavy atom. The van der Waals surface area contributed by atoms with Gasteiger partial charge in [-0.2, -0.15) is 0 Å². The molecule has 0 aliphatic heterocycles. The molecule has 0 atom stereocenters. The average molecular weight is 371 g/mol. The number of hydrogen-bond donors (Lipinski definition) is 1. The number of ketones is 1. The minimum absolute atomic E-state index is 0. The molecule has 0 amide bonds. The molecule has 58 valence electrons. The minimum atomic E-state index is -0.125. The van der Waals surface area contributed by atoms with Gasteiger partial charge in [-0.3, -0.25) is 4.79 Å². The molecule has 9 heavy (non-hydrogen) atoms. The van der Waals surface area contributed by atoms with Crippen LogP contribution in [0.4, 0.5) is 0 Å². The van der Waals surface area contributed by atoms with Crippen LogP contribution in [-0.2, 0) is 21.3 Å². The Balaban J connectivity index is -0.000000180. The normalized spacial score (nSPS) is 8.89. The number of aliphatic hydroxyl groups excluding tert-OH is 1. The molecular weight excluding hydrogens is 360 g/mol. The van der Waals surface area contributed by atoms with Crippen LogP contribution in [0, 0.1) is 0 Å². The van der Waals surface area contributed by atoms with Gasteiger partial charge in [-0.15, -0.1) is 0 Å². The molecule has 0 aliphatic rings. The Morgan fingerprint density at radius 1 is 1.44 bits per heavy atom. The molecule has 0 aromatic rings. The van der Waals surface area contributed by atoms with Crippen molar-refractivity contribution >= 4 is 32.0 Å². The first-order valence-corrected chi connectivity index (χ1v) is 2.01. The van der Waals surface area contributed by atoms with Gasteiger partial charge in [-0.25, -0.2) is 0 Å². The Morgan fingerprint density at radius 3 is 1.78 bits per heavy atom. The van der Waals surface area contributed by atoms with Crippen LogP contribution >= 0.6 is 0 Å². The van der Waals surface area contributed by atoms with Crippen LogP contribution in [0.3, 0.4) is 0 Å². The number of hydrogen-bond acceptors (Lipinski definition) is 2. The van der Waals surface area contributed by atoms with E-state index in [1.165, 1.54) is 19.9 Å². The van der Waals surface area contributed by atoms with E-state index < -0.39 is 0 Å². The van der Waals surface area contributed by atoms with Crippen LogP contribution in [0.15, 0.2) is 11.8 Å². The van der Waals surface area contributed by atoms with E-state index in [2.05, 4.69) is 0 Å². The molecule has 4 heteroatoms. The fourth-order valence-electron chi connectivity index (χ4n) is 0.294.